The Balaban J connectivity index is 2.21. The third-order valence-electron chi connectivity index (χ3n) is 4.04. The van der Waals surface area contributed by atoms with Crippen molar-refractivity contribution in [2.75, 3.05) is 11.4 Å². The van der Waals surface area contributed by atoms with Crippen molar-refractivity contribution in [3.63, 3.8) is 0 Å². The van der Waals surface area contributed by atoms with Crippen LogP contribution in [0.4, 0.5) is 5.69 Å². The van der Waals surface area contributed by atoms with Crippen molar-refractivity contribution in [3.8, 4) is 0 Å². The zero-order chi connectivity index (χ0) is 15.9. The fourth-order valence-corrected chi connectivity index (χ4v) is 8.98. The van der Waals surface area contributed by atoms with Crippen LogP contribution >= 0.6 is 19.4 Å². The maximum atomic E-state index is 6.85. The Kier molecular flexibility index (Phi) is 4.60. The quantitative estimate of drug-likeness (QED) is 0.599. The minimum atomic E-state index is -2.95. The fourth-order valence-electron chi connectivity index (χ4n) is 3.23. The Morgan fingerprint density at radius 2 is 1.68 bits per heavy atom. The molecular weight excluding hydrogens is 404 g/mol. The van der Waals surface area contributed by atoms with Crippen molar-refractivity contribution < 1.29 is 11.9 Å². The van der Waals surface area contributed by atoms with E-state index in [1.165, 1.54) is 35.2 Å². The van der Waals surface area contributed by atoms with E-state index in [0.717, 1.165) is 17.3 Å². The van der Waals surface area contributed by atoms with Crippen LogP contribution in [-0.4, -0.2) is 20.4 Å². The van der Waals surface area contributed by atoms with Gasteiger partial charge in [-0.05, 0) is 0 Å². The van der Waals surface area contributed by atoms with E-state index in [4.69, 9.17) is 19.4 Å². The Hall–Kier alpha value is -0.497. The normalized spacial score (nSPS) is 22.0. The van der Waals surface area contributed by atoms with Gasteiger partial charge in [-0.25, -0.2) is 0 Å². The summed E-state index contributed by atoms with van der Waals surface area (Å²) in [5.41, 5.74) is 5.04. The van der Waals surface area contributed by atoms with Crippen LogP contribution in [0.3, 0.4) is 0 Å². The summed E-state index contributed by atoms with van der Waals surface area (Å²) in [5.74, 6) is 0. The molecule has 0 spiro atoms. The van der Waals surface area contributed by atoms with Gasteiger partial charge in [0.15, 0.2) is 0 Å². The number of benzene rings is 1. The Morgan fingerprint density at radius 3 is 2.36 bits per heavy atom. The zero-order valence-corrected chi connectivity index (χ0v) is 16.5. The Bertz CT molecular complexity index is 727. The van der Waals surface area contributed by atoms with Crippen molar-refractivity contribution in [1.29, 1.82) is 0 Å². The zero-order valence-electron chi connectivity index (χ0n) is 13.2. The number of hydrogen-bond donors (Lipinski definition) is 0. The summed E-state index contributed by atoms with van der Waals surface area (Å²) in [5, 5.41) is 0. The van der Waals surface area contributed by atoms with E-state index in [-0.39, 0.29) is 0 Å². The van der Waals surface area contributed by atoms with E-state index in [0.29, 0.717) is 0 Å². The van der Waals surface area contributed by atoms with Gasteiger partial charge >= 0.3 is 144 Å². The summed E-state index contributed by atoms with van der Waals surface area (Å²) >= 11 is -2.95. The maximum absolute atomic E-state index is 6.85. The summed E-state index contributed by atoms with van der Waals surface area (Å²) in [6.07, 6.45) is 7.62. The van der Waals surface area contributed by atoms with Crippen LogP contribution in [0.15, 0.2) is 24.5 Å². The number of nitrogens with zero attached hydrogens (tertiary/aromatic N) is 2. The molecule has 0 atom stereocenters. The monoisotopic (exact) mass is 426 g/mol. The van der Waals surface area contributed by atoms with E-state index >= 15 is 0 Å². The summed E-state index contributed by atoms with van der Waals surface area (Å²) in [6.45, 7) is 7.46. The molecule has 22 heavy (non-hydrogen) atoms. The van der Waals surface area contributed by atoms with Gasteiger partial charge in [0.2, 0.25) is 0 Å². The van der Waals surface area contributed by atoms with Crippen LogP contribution in [0, 0.1) is 20.8 Å². The van der Waals surface area contributed by atoms with Crippen molar-refractivity contribution >= 4 is 34.0 Å². The molecule has 0 aliphatic carbocycles. The van der Waals surface area contributed by atoms with Gasteiger partial charge in [-0.3, -0.25) is 0 Å². The first kappa shape index (κ1) is 16.4. The molecular formula is C17H22Cl2N2Ru. The SMILES string of the molecule is Cc1cc(C)c(N2C=CN3CCCC[CH]=[Ru]([Cl])([Cl])=[C]32)c(C)c1. The molecule has 0 saturated heterocycles. The van der Waals surface area contributed by atoms with Gasteiger partial charge < -0.3 is 0 Å². The summed E-state index contributed by atoms with van der Waals surface area (Å²) in [6, 6.07) is 4.45. The van der Waals surface area contributed by atoms with Gasteiger partial charge in [0.05, 0.1) is 0 Å². The molecule has 0 unspecified atom stereocenters. The van der Waals surface area contributed by atoms with E-state index < -0.39 is 11.9 Å². The van der Waals surface area contributed by atoms with Crippen molar-refractivity contribution in [1.82, 2.24) is 4.90 Å². The molecule has 0 bridgehead atoms. The summed E-state index contributed by atoms with van der Waals surface area (Å²) in [4.78, 5) is 4.50. The van der Waals surface area contributed by atoms with Crippen molar-refractivity contribution in [2.24, 2.45) is 0 Å². The molecule has 5 heteroatoms. The summed E-state index contributed by atoms with van der Waals surface area (Å²) < 4.78 is 3.30. The molecule has 122 valence electrons. The molecule has 3 rings (SSSR count). The third kappa shape index (κ3) is 2.96. The van der Waals surface area contributed by atoms with Gasteiger partial charge in [0.1, 0.15) is 0 Å². The van der Waals surface area contributed by atoms with Gasteiger partial charge in [0, 0.05) is 0 Å². The third-order valence-corrected chi connectivity index (χ3v) is 10.1. The van der Waals surface area contributed by atoms with Crippen LogP contribution in [0.5, 0.6) is 0 Å². The molecule has 2 heterocycles. The Labute approximate surface area is 143 Å². The average molecular weight is 426 g/mol. The minimum absolute atomic E-state index is 1.00. The van der Waals surface area contributed by atoms with E-state index in [2.05, 4.69) is 59.7 Å². The fraction of sp³-hybridized carbons (Fsp3) is 0.412. The molecule has 0 aromatic heterocycles. The molecule has 0 amide bonds. The van der Waals surface area contributed by atoms with Crippen LogP contribution in [0.2, 0.25) is 0 Å². The van der Waals surface area contributed by atoms with Gasteiger partial charge in [0.25, 0.3) is 0 Å². The second-order valence-electron chi connectivity index (χ2n) is 5.95. The first-order chi connectivity index (χ1) is 10.4. The van der Waals surface area contributed by atoms with Crippen molar-refractivity contribution in [3.05, 3.63) is 41.2 Å². The molecule has 0 fully saturated rings. The van der Waals surface area contributed by atoms with Crippen molar-refractivity contribution in [2.45, 2.75) is 40.0 Å². The molecule has 1 aromatic rings. The molecule has 2 aliphatic rings. The number of halogens is 2. The van der Waals surface area contributed by atoms with E-state index in [1.54, 1.807) is 0 Å². The molecule has 0 N–H and O–H groups in total. The Morgan fingerprint density at radius 1 is 1.00 bits per heavy atom. The first-order valence-electron chi connectivity index (χ1n) is 7.55. The molecule has 2 nitrogen and oxygen atoms in total. The summed E-state index contributed by atoms with van der Waals surface area (Å²) in [7, 11) is 13.7. The van der Waals surface area contributed by atoms with Crippen LogP contribution in [0.25, 0.3) is 0 Å². The van der Waals surface area contributed by atoms with Crippen LogP contribution < -0.4 is 4.90 Å². The topological polar surface area (TPSA) is 6.48 Å². The van der Waals surface area contributed by atoms with E-state index in [1.807, 2.05) is 0 Å². The van der Waals surface area contributed by atoms with Gasteiger partial charge in [-0.15, -0.1) is 0 Å². The number of hydrogen-bond acceptors (Lipinski definition) is 2. The first-order valence-corrected chi connectivity index (χ1v) is 13.9. The standard InChI is InChI=1S/C17H22N2.2ClH.Ru/c1-5-6-7-8-18-9-10-19(13-18)17-15(3)11-14(2)12-16(17)4;;;/h1,9-12H,5-8H2,2-4H3;2*1H;/q;;;+2/p-2. The number of fused-ring (bicyclic) bond motifs is 1. The second kappa shape index (κ2) is 6.19. The molecule has 1 aromatic carbocycles. The van der Waals surface area contributed by atoms with E-state index in [9.17, 15) is 0 Å². The number of anilines is 1. The second-order valence-corrected chi connectivity index (χ2v) is 15.4. The van der Waals surface area contributed by atoms with Crippen LogP contribution in [0.1, 0.15) is 36.0 Å². The molecule has 2 aliphatic heterocycles. The molecule has 0 saturated carbocycles. The molecule has 0 radical (unpaired) electrons. The predicted octanol–water partition coefficient (Wildman–Crippen LogP) is 4.74. The average Bonchev–Trinajstić information content (AvgIpc) is 2.79. The van der Waals surface area contributed by atoms with Gasteiger partial charge in [-0.2, -0.15) is 0 Å². The number of aryl methyl sites for hydroxylation is 3. The predicted molar refractivity (Wildman–Crippen MR) is 95.6 cm³/mol. The van der Waals surface area contributed by atoms with Crippen LogP contribution in [-0.2, 0) is 11.9 Å². The van der Waals surface area contributed by atoms with Gasteiger partial charge in [-0.1, -0.05) is 0 Å². The number of rotatable bonds is 1.